The van der Waals surface area contributed by atoms with E-state index in [1.54, 1.807) is 0 Å². The van der Waals surface area contributed by atoms with Crippen LogP contribution in [0.4, 0.5) is 0 Å². The third-order valence-corrected chi connectivity index (χ3v) is 5.07. The van der Waals surface area contributed by atoms with Gasteiger partial charge >= 0.3 is 0 Å². The van der Waals surface area contributed by atoms with Crippen LogP contribution < -0.4 is 0 Å². The van der Waals surface area contributed by atoms with E-state index in [0.717, 1.165) is 19.3 Å². The van der Waals surface area contributed by atoms with Crippen LogP contribution in [0.25, 0.3) is 0 Å². The molecule has 7 atom stereocenters. The zero-order chi connectivity index (χ0) is 14.5. The smallest absolute Gasteiger partial charge is 0.187 e. The van der Waals surface area contributed by atoms with Crippen molar-refractivity contribution in [3.05, 3.63) is 0 Å². The Morgan fingerprint density at radius 1 is 1.25 bits per heavy atom. The van der Waals surface area contributed by atoms with Crippen LogP contribution in [0.3, 0.4) is 0 Å². The van der Waals surface area contributed by atoms with Crippen molar-refractivity contribution >= 4 is 0 Å². The van der Waals surface area contributed by atoms with Crippen molar-refractivity contribution in [2.45, 2.75) is 70.4 Å². The summed E-state index contributed by atoms with van der Waals surface area (Å²) in [5, 5.41) is 19.5. The number of hydrogen-bond donors (Lipinski definition) is 2. The van der Waals surface area contributed by atoms with E-state index in [-0.39, 0.29) is 36.9 Å². The summed E-state index contributed by atoms with van der Waals surface area (Å²) in [6.07, 6.45) is 1.95. The minimum atomic E-state index is -0.618. The normalized spacial score (nSPS) is 47.9. The first-order valence-electron chi connectivity index (χ1n) is 7.73. The summed E-state index contributed by atoms with van der Waals surface area (Å²) in [4.78, 5) is 0. The quantitative estimate of drug-likeness (QED) is 0.818. The summed E-state index contributed by atoms with van der Waals surface area (Å²) < 4.78 is 17.9. The molecule has 3 fully saturated rings. The van der Waals surface area contributed by atoms with E-state index in [1.807, 2.05) is 20.8 Å². The van der Waals surface area contributed by atoms with Gasteiger partial charge in [-0.25, -0.2) is 0 Å². The molecule has 0 amide bonds. The molecule has 0 radical (unpaired) electrons. The van der Waals surface area contributed by atoms with E-state index in [1.165, 1.54) is 0 Å². The summed E-state index contributed by atoms with van der Waals surface area (Å²) in [7, 11) is 0. The highest BCUT2D eigenvalue weighted by Crippen LogP contribution is 2.51. The van der Waals surface area contributed by atoms with E-state index in [2.05, 4.69) is 0 Å². The van der Waals surface area contributed by atoms with Gasteiger partial charge in [0, 0.05) is 12.5 Å². The third-order valence-electron chi connectivity index (χ3n) is 5.07. The van der Waals surface area contributed by atoms with Crippen molar-refractivity contribution < 1.29 is 24.4 Å². The topological polar surface area (TPSA) is 68.2 Å². The standard InChI is InChI=1S/C15H26O5/c1-8(17)11-9(6-7-16)4-5-10-12(11)13-14(18-10)20-15(2,3)19-13/h8-14,16-17H,4-7H2,1-3H3/t8-,9+,10+,11-,12-,13+,14+/m0/s1. The summed E-state index contributed by atoms with van der Waals surface area (Å²) in [5.74, 6) is -0.0237. The number of ether oxygens (including phenoxy) is 3. The molecular formula is C15H26O5. The molecule has 0 aromatic heterocycles. The van der Waals surface area contributed by atoms with Crippen LogP contribution in [0.2, 0.25) is 0 Å². The maximum Gasteiger partial charge on any atom is 0.187 e. The van der Waals surface area contributed by atoms with Crippen LogP contribution in [0.1, 0.15) is 40.0 Å². The van der Waals surface area contributed by atoms with Gasteiger partial charge in [0.25, 0.3) is 0 Å². The second-order valence-corrected chi connectivity index (χ2v) is 6.89. The lowest BCUT2D eigenvalue weighted by atomic mass is 9.66. The van der Waals surface area contributed by atoms with Crippen molar-refractivity contribution in [2.75, 3.05) is 6.61 Å². The van der Waals surface area contributed by atoms with Crippen LogP contribution in [-0.2, 0) is 14.2 Å². The predicted molar refractivity (Wildman–Crippen MR) is 71.8 cm³/mol. The van der Waals surface area contributed by atoms with E-state index >= 15 is 0 Å². The molecule has 20 heavy (non-hydrogen) atoms. The Morgan fingerprint density at radius 3 is 2.65 bits per heavy atom. The van der Waals surface area contributed by atoms with E-state index in [9.17, 15) is 10.2 Å². The number of hydrogen-bond acceptors (Lipinski definition) is 5. The molecule has 0 spiro atoms. The van der Waals surface area contributed by atoms with Gasteiger partial charge in [-0.05, 0) is 51.9 Å². The van der Waals surface area contributed by atoms with Gasteiger partial charge in [0.1, 0.15) is 6.10 Å². The monoisotopic (exact) mass is 286 g/mol. The van der Waals surface area contributed by atoms with Crippen LogP contribution in [0, 0.1) is 17.8 Å². The highest BCUT2D eigenvalue weighted by Gasteiger charge is 2.59. The first-order chi connectivity index (χ1) is 9.43. The fraction of sp³-hybridized carbons (Fsp3) is 1.00. The van der Waals surface area contributed by atoms with Crippen LogP contribution in [0.5, 0.6) is 0 Å². The zero-order valence-corrected chi connectivity index (χ0v) is 12.5. The van der Waals surface area contributed by atoms with Crippen LogP contribution in [-0.4, -0.2) is 47.2 Å². The molecule has 0 unspecified atom stereocenters. The van der Waals surface area contributed by atoms with Gasteiger partial charge in [-0.2, -0.15) is 0 Å². The minimum Gasteiger partial charge on any atom is -0.396 e. The zero-order valence-electron chi connectivity index (χ0n) is 12.5. The lowest BCUT2D eigenvalue weighted by Gasteiger charge is -2.42. The van der Waals surface area contributed by atoms with E-state index < -0.39 is 11.9 Å². The van der Waals surface area contributed by atoms with Crippen molar-refractivity contribution in [3.63, 3.8) is 0 Å². The SMILES string of the molecule is C[C@H](O)[C@H]1[C@@H](CCO)CC[C@H]2O[C@@H]3OC(C)(C)O[C@@H]3[C@H]12. The van der Waals surface area contributed by atoms with Crippen molar-refractivity contribution in [1.82, 2.24) is 0 Å². The van der Waals surface area contributed by atoms with Crippen LogP contribution in [0.15, 0.2) is 0 Å². The van der Waals surface area contributed by atoms with Gasteiger partial charge in [-0.1, -0.05) is 0 Å². The predicted octanol–water partition coefficient (Wildman–Crippen LogP) is 1.27. The molecule has 2 heterocycles. The number of fused-ring (bicyclic) bond motifs is 3. The maximum atomic E-state index is 10.2. The van der Waals surface area contributed by atoms with E-state index in [0.29, 0.717) is 5.92 Å². The molecule has 0 aromatic carbocycles. The van der Waals surface area contributed by atoms with Gasteiger partial charge in [0.15, 0.2) is 12.1 Å². The van der Waals surface area contributed by atoms with Gasteiger partial charge < -0.3 is 24.4 Å². The van der Waals surface area contributed by atoms with Gasteiger partial charge in [-0.3, -0.25) is 0 Å². The van der Waals surface area contributed by atoms with Gasteiger partial charge in [-0.15, -0.1) is 0 Å². The Bertz CT molecular complexity index is 356. The molecule has 3 rings (SSSR count). The fourth-order valence-corrected chi connectivity index (χ4v) is 4.43. The summed E-state index contributed by atoms with van der Waals surface area (Å²) in [5.41, 5.74) is 0. The first kappa shape index (κ1) is 14.7. The number of aliphatic hydroxyl groups is 2. The maximum absolute atomic E-state index is 10.2. The molecule has 2 N–H and O–H groups in total. The Labute approximate surface area is 120 Å². The summed E-state index contributed by atoms with van der Waals surface area (Å²) in [6.45, 7) is 5.80. The lowest BCUT2D eigenvalue weighted by Crippen LogP contribution is -2.46. The molecule has 0 bridgehead atoms. The van der Waals surface area contributed by atoms with Crippen LogP contribution >= 0.6 is 0 Å². The molecule has 2 aliphatic heterocycles. The molecule has 3 aliphatic rings. The Balaban J connectivity index is 1.83. The molecule has 5 nitrogen and oxygen atoms in total. The molecule has 5 heteroatoms. The molecule has 2 saturated heterocycles. The molecule has 0 aromatic rings. The van der Waals surface area contributed by atoms with Gasteiger partial charge in [0.2, 0.25) is 0 Å². The van der Waals surface area contributed by atoms with Crippen molar-refractivity contribution in [2.24, 2.45) is 17.8 Å². The minimum absolute atomic E-state index is 0.101. The Morgan fingerprint density at radius 2 is 2.00 bits per heavy atom. The van der Waals surface area contributed by atoms with Crippen molar-refractivity contribution in [3.8, 4) is 0 Å². The lowest BCUT2D eigenvalue weighted by molar-refractivity contribution is -0.220. The molecule has 1 saturated carbocycles. The largest absolute Gasteiger partial charge is 0.396 e. The van der Waals surface area contributed by atoms with Gasteiger partial charge in [0.05, 0.1) is 12.2 Å². The Hall–Kier alpha value is -0.200. The summed E-state index contributed by atoms with van der Waals surface area (Å²) in [6, 6.07) is 0. The van der Waals surface area contributed by atoms with Crippen molar-refractivity contribution in [1.29, 1.82) is 0 Å². The second-order valence-electron chi connectivity index (χ2n) is 6.89. The second kappa shape index (κ2) is 5.21. The number of aliphatic hydroxyl groups excluding tert-OH is 2. The highest BCUT2D eigenvalue weighted by molar-refractivity contribution is 5.01. The molecule has 116 valence electrons. The first-order valence-corrected chi connectivity index (χ1v) is 7.73. The average Bonchev–Trinajstić information content (AvgIpc) is 2.81. The third kappa shape index (κ3) is 2.40. The highest BCUT2D eigenvalue weighted by atomic mass is 16.8. The molecule has 1 aliphatic carbocycles. The van der Waals surface area contributed by atoms with E-state index in [4.69, 9.17) is 14.2 Å². The molecular weight excluding hydrogens is 260 g/mol. The summed E-state index contributed by atoms with van der Waals surface area (Å²) >= 11 is 0. The fourth-order valence-electron chi connectivity index (χ4n) is 4.43. The number of rotatable bonds is 3. The Kier molecular flexibility index (Phi) is 3.84. The average molecular weight is 286 g/mol.